The first kappa shape index (κ1) is 19.8. The van der Waals surface area contributed by atoms with Gasteiger partial charge >= 0.3 is 0 Å². The van der Waals surface area contributed by atoms with Gasteiger partial charge in [0, 0.05) is 23.7 Å². The van der Waals surface area contributed by atoms with E-state index in [2.05, 4.69) is 41.0 Å². The topological polar surface area (TPSA) is 67.2 Å². The maximum absolute atomic E-state index is 12.5. The quantitative estimate of drug-likeness (QED) is 0.775. The van der Waals surface area contributed by atoms with Crippen LogP contribution in [0.25, 0.3) is 11.3 Å². The molecule has 2 heterocycles. The third kappa shape index (κ3) is 4.87. The lowest BCUT2D eigenvalue weighted by atomic mass is 9.99. The molecular weight excluding hydrogens is 380 g/mol. The van der Waals surface area contributed by atoms with E-state index in [-0.39, 0.29) is 21.9 Å². The molecular formula is C20H23ClN4OS. The number of carbonyl (C=O) groups is 1. The molecule has 0 fully saturated rings. The lowest BCUT2D eigenvalue weighted by molar-refractivity contribution is -0.120. The smallest absolute Gasteiger partial charge is 0.235 e. The van der Waals surface area contributed by atoms with Crippen LogP contribution in [0.2, 0.25) is 5.28 Å². The number of rotatable bonds is 4. The average molecular weight is 403 g/mol. The van der Waals surface area contributed by atoms with E-state index in [1.165, 1.54) is 0 Å². The minimum Gasteiger partial charge on any atom is -0.351 e. The second-order valence-corrected chi connectivity index (χ2v) is 9.10. The molecule has 1 unspecified atom stereocenters. The molecule has 1 aliphatic heterocycles. The van der Waals surface area contributed by atoms with Crippen molar-refractivity contribution < 1.29 is 4.79 Å². The number of hydrogen-bond donors (Lipinski definition) is 1. The predicted octanol–water partition coefficient (Wildman–Crippen LogP) is 4.28. The third-order valence-electron chi connectivity index (χ3n) is 4.31. The van der Waals surface area contributed by atoms with Crippen LogP contribution in [0.3, 0.4) is 0 Å². The monoisotopic (exact) mass is 402 g/mol. The maximum Gasteiger partial charge on any atom is 0.235 e. The molecule has 1 N–H and O–H groups in total. The van der Waals surface area contributed by atoms with E-state index in [0.717, 1.165) is 27.4 Å². The number of carbonyl (C=O) groups excluding carboxylic acids is 1. The molecule has 0 bridgehead atoms. The summed E-state index contributed by atoms with van der Waals surface area (Å²) in [7, 11) is 0. The maximum atomic E-state index is 12.5. The van der Waals surface area contributed by atoms with Crippen molar-refractivity contribution in [3.05, 3.63) is 46.9 Å². The Kier molecular flexibility index (Phi) is 5.86. The van der Waals surface area contributed by atoms with Crippen LogP contribution in [0, 0.1) is 12.3 Å². The van der Waals surface area contributed by atoms with Gasteiger partial charge in [-0.15, -0.1) is 0 Å². The molecule has 2 aromatic rings. The Morgan fingerprint density at radius 2 is 2.11 bits per heavy atom. The number of thioether (sulfide) groups is 1. The first-order chi connectivity index (χ1) is 12.7. The molecule has 1 aromatic carbocycles. The summed E-state index contributed by atoms with van der Waals surface area (Å²) in [5, 5.41) is 4.18. The van der Waals surface area contributed by atoms with Crippen LogP contribution >= 0.6 is 23.4 Å². The van der Waals surface area contributed by atoms with E-state index in [0.29, 0.717) is 13.1 Å². The van der Waals surface area contributed by atoms with Gasteiger partial charge in [0.15, 0.2) is 0 Å². The molecule has 3 rings (SSSR count). The fraction of sp³-hybridized carbons (Fsp3) is 0.400. The van der Waals surface area contributed by atoms with E-state index in [1.807, 2.05) is 31.2 Å². The summed E-state index contributed by atoms with van der Waals surface area (Å²) in [5.74, 6) is 0.0362. The van der Waals surface area contributed by atoms with Gasteiger partial charge in [-0.2, -0.15) is 0 Å². The molecule has 1 aromatic heterocycles. The number of halogens is 1. The number of aliphatic imine (C=N–C) groups is 1. The second kappa shape index (κ2) is 7.98. The molecule has 27 heavy (non-hydrogen) atoms. The SMILES string of the molecule is Cc1cc(-c2ccnc(Cl)n2)ccc1CNC(=O)C1CN=C(C(C)(C)C)S1. The van der Waals surface area contributed by atoms with Crippen molar-refractivity contribution in [1.82, 2.24) is 15.3 Å². The van der Waals surface area contributed by atoms with Gasteiger partial charge in [0.2, 0.25) is 11.2 Å². The zero-order chi connectivity index (χ0) is 19.6. The molecule has 5 nitrogen and oxygen atoms in total. The van der Waals surface area contributed by atoms with Crippen molar-refractivity contribution in [3.63, 3.8) is 0 Å². The summed E-state index contributed by atoms with van der Waals surface area (Å²) in [6.07, 6.45) is 1.64. The molecule has 7 heteroatoms. The van der Waals surface area contributed by atoms with Crippen molar-refractivity contribution in [1.29, 1.82) is 0 Å². The Labute approximate surface area is 169 Å². The lowest BCUT2D eigenvalue weighted by Gasteiger charge is -2.18. The number of nitrogens with zero attached hydrogens (tertiary/aromatic N) is 3. The van der Waals surface area contributed by atoms with Crippen LogP contribution < -0.4 is 5.32 Å². The first-order valence-corrected chi connectivity index (χ1v) is 10.1. The molecule has 0 spiro atoms. The fourth-order valence-corrected chi connectivity index (χ4v) is 4.03. The number of benzene rings is 1. The summed E-state index contributed by atoms with van der Waals surface area (Å²) in [4.78, 5) is 25.2. The number of aromatic nitrogens is 2. The van der Waals surface area contributed by atoms with Gasteiger partial charge in [0.05, 0.1) is 17.3 Å². The van der Waals surface area contributed by atoms with Crippen molar-refractivity contribution in [2.45, 2.75) is 39.5 Å². The number of nitrogens with one attached hydrogen (secondary N) is 1. The van der Waals surface area contributed by atoms with Crippen molar-refractivity contribution in [3.8, 4) is 11.3 Å². The van der Waals surface area contributed by atoms with Crippen LogP contribution in [-0.2, 0) is 11.3 Å². The van der Waals surface area contributed by atoms with Gasteiger partial charge in [-0.3, -0.25) is 9.79 Å². The minimum absolute atomic E-state index is 0.00396. The summed E-state index contributed by atoms with van der Waals surface area (Å²) in [6.45, 7) is 9.43. The highest BCUT2D eigenvalue weighted by molar-refractivity contribution is 8.15. The van der Waals surface area contributed by atoms with Gasteiger partial charge in [-0.25, -0.2) is 9.97 Å². The van der Waals surface area contributed by atoms with E-state index in [9.17, 15) is 4.79 Å². The molecule has 1 aliphatic rings. The highest BCUT2D eigenvalue weighted by Gasteiger charge is 2.32. The number of aryl methyl sites for hydroxylation is 1. The van der Waals surface area contributed by atoms with E-state index < -0.39 is 0 Å². The normalized spacial score (nSPS) is 16.9. The van der Waals surface area contributed by atoms with Gasteiger partial charge in [0.1, 0.15) is 5.25 Å². The molecule has 142 valence electrons. The Morgan fingerprint density at radius 1 is 1.33 bits per heavy atom. The molecule has 0 radical (unpaired) electrons. The predicted molar refractivity (Wildman–Crippen MR) is 112 cm³/mol. The minimum atomic E-state index is -0.137. The van der Waals surface area contributed by atoms with Gasteiger partial charge in [0.25, 0.3) is 0 Å². The van der Waals surface area contributed by atoms with Crippen LogP contribution in [0.15, 0.2) is 35.5 Å². The molecule has 1 amide bonds. The van der Waals surface area contributed by atoms with Crippen LogP contribution in [-0.4, -0.2) is 32.7 Å². The van der Waals surface area contributed by atoms with Crippen LogP contribution in [0.4, 0.5) is 0 Å². The zero-order valence-corrected chi connectivity index (χ0v) is 17.5. The summed E-state index contributed by atoms with van der Waals surface area (Å²) >= 11 is 7.45. The summed E-state index contributed by atoms with van der Waals surface area (Å²) < 4.78 is 0. The van der Waals surface area contributed by atoms with Crippen molar-refractivity contribution in [2.24, 2.45) is 10.4 Å². The van der Waals surface area contributed by atoms with Gasteiger partial charge in [-0.1, -0.05) is 44.7 Å². The van der Waals surface area contributed by atoms with E-state index in [4.69, 9.17) is 11.6 Å². The van der Waals surface area contributed by atoms with Crippen LogP contribution in [0.5, 0.6) is 0 Å². The van der Waals surface area contributed by atoms with Gasteiger partial charge in [-0.05, 0) is 41.8 Å². The molecule has 0 saturated carbocycles. The fourth-order valence-electron chi connectivity index (χ4n) is 2.77. The summed E-state index contributed by atoms with van der Waals surface area (Å²) in [5.41, 5.74) is 3.92. The zero-order valence-electron chi connectivity index (χ0n) is 15.9. The number of amides is 1. The third-order valence-corrected chi connectivity index (χ3v) is 6.10. The lowest BCUT2D eigenvalue weighted by Crippen LogP contribution is -2.33. The standard InChI is InChI=1S/C20H23ClN4OS/c1-12-9-13(15-7-8-22-19(21)25-15)5-6-14(12)10-23-17(26)16-11-24-18(27-16)20(2,3)4/h5-9,16H,10-11H2,1-4H3,(H,23,26). The van der Waals surface area contributed by atoms with Crippen molar-refractivity contribution >= 4 is 34.3 Å². The summed E-state index contributed by atoms with van der Waals surface area (Å²) in [6, 6.07) is 7.87. The Hall–Kier alpha value is -1.92. The molecule has 0 saturated heterocycles. The highest BCUT2D eigenvalue weighted by atomic mass is 35.5. The van der Waals surface area contributed by atoms with E-state index in [1.54, 1.807) is 18.0 Å². The Bertz CT molecular complexity index is 892. The molecule has 0 aliphatic carbocycles. The first-order valence-electron chi connectivity index (χ1n) is 8.82. The van der Waals surface area contributed by atoms with Crippen molar-refractivity contribution in [2.75, 3.05) is 6.54 Å². The van der Waals surface area contributed by atoms with Gasteiger partial charge < -0.3 is 5.32 Å². The second-order valence-electron chi connectivity index (χ2n) is 7.57. The molecule has 1 atom stereocenters. The van der Waals surface area contributed by atoms with Crippen LogP contribution in [0.1, 0.15) is 31.9 Å². The highest BCUT2D eigenvalue weighted by Crippen LogP contribution is 2.32. The number of hydrogen-bond acceptors (Lipinski definition) is 5. The largest absolute Gasteiger partial charge is 0.351 e. The average Bonchev–Trinajstić information content (AvgIpc) is 3.11. The Morgan fingerprint density at radius 3 is 2.74 bits per heavy atom. The van der Waals surface area contributed by atoms with E-state index >= 15 is 0 Å². The Balaban J connectivity index is 1.61.